The number of carbonyl (C=O) groups excluding carboxylic acids is 1. The SMILES string of the molecule is Cc1ccc([C@@H](NC(=O)C2CCN(S(=O)(=O)c3ccccc3C#N)CC2)c2cccs2)cc1. The average molecular weight is 480 g/mol. The Bertz CT molecular complexity index is 1250. The van der Waals surface area contributed by atoms with Crippen LogP contribution in [0.4, 0.5) is 0 Å². The highest BCUT2D eigenvalue weighted by Crippen LogP contribution is 2.29. The van der Waals surface area contributed by atoms with Crippen molar-refractivity contribution in [3.8, 4) is 6.07 Å². The monoisotopic (exact) mass is 479 g/mol. The van der Waals surface area contributed by atoms with Crippen LogP contribution in [-0.4, -0.2) is 31.7 Å². The van der Waals surface area contributed by atoms with E-state index in [0.717, 1.165) is 16.0 Å². The summed E-state index contributed by atoms with van der Waals surface area (Å²) in [7, 11) is -3.78. The van der Waals surface area contributed by atoms with E-state index in [9.17, 15) is 18.5 Å². The van der Waals surface area contributed by atoms with Crippen LogP contribution in [0.2, 0.25) is 0 Å². The first-order chi connectivity index (χ1) is 15.9. The maximum Gasteiger partial charge on any atom is 0.244 e. The Labute approximate surface area is 198 Å². The molecule has 170 valence electrons. The summed E-state index contributed by atoms with van der Waals surface area (Å²) in [5.41, 5.74) is 2.31. The van der Waals surface area contributed by atoms with Crippen molar-refractivity contribution in [3.63, 3.8) is 0 Å². The molecule has 0 bridgehead atoms. The number of carbonyl (C=O) groups is 1. The third-order valence-electron chi connectivity index (χ3n) is 5.98. The highest BCUT2D eigenvalue weighted by atomic mass is 32.2. The van der Waals surface area contributed by atoms with E-state index >= 15 is 0 Å². The van der Waals surface area contributed by atoms with E-state index in [-0.39, 0.29) is 41.4 Å². The molecule has 1 amide bonds. The van der Waals surface area contributed by atoms with Crippen LogP contribution in [0.15, 0.2) is 70.9 Å². The van der Waals surface area contributed by atoms with Crippen molar-refractivity contribution in [1.82, 2.24) is 9.62 Å². The van der Waals surface area contributed by atoms with Gasteiger partial charge in [-0.25, -0.2) is 8.42 Å². The number of nitrogens with one attached hydrogen (secondary N) is 1. The molecule has 1 aromatic heterocycles. The zero-order chi connectivity index (χ0) is 23.4. The number of piperidine rings is 1. The second kappa shape index (κ2) is 9.87. The molecule has 6 nitrogen and oxygen atoms in total. The fraction of sp³-hybridized carbons (Fsp3) is 0.280. The molecule has 1 N–H and O–H groups in total. The van der Waals surface area contributed by atoms with E-state index in [1.54, 1.807) is 23.5 Å². The van der Waals surface area contributed by atoms with Crippen LogP contribution in [0, 0.1) is 24.2 Å². The quantitative estimate of drug-likeness (QED) is 0.573. The fourth-order valence-electron chi connectivity index (χ4n) is 4.07. The molecule has 33 heavy (non-hydrogen) atoms. The summed E-state index contributed by atoms with van der Waals surface area (Å²) in [4.78, 5) is 14.2. The van der Waals surface area contributed by atoms with Gasteiger partial charge in [-0.05, 0) is 48.9 Å². The van der Waals surface area contributed by atoms with Crippen LogP contribution in [-0.2, 0) is 14.8 Å². The van der Waals surface area contributed by atoms with Crippen molar-refractivity contribution in [2.24, 2.45) is 5.92 Å². The zero-order valence-corrected chi connectivity index (χ0v) is 19.9. The number of sulfonamides is 1. The first kappa shape index (κ1) is 23.2. The maximum atomic E-state index is 13.2. The molecular formula is C25H25N3O3S2. The lowest BCUT2D eigenvalue weighted by Gasteiger charge is -2.31. The van der Waals surface area contributed by atoms with Gasteiger partial charge < -0.3 is 5.32 Å². The van der Waals surface area contributed by atoms with Gasteiger partial charge in [-0.2, -0.15) is 9.57 Å². The normalized spacial score (nSPS) is 16.1. The van der Waals surface area contributed by atoms with Gasteiger partial charge in [-0.1, -0.05) is 48.0 Å². The molecule has 4 rings (SSSR count). The van der Waals surface area contributed by atoms with E-state index in [2.05, 4.69) is 5.32 Å². The number of hydrogen-bond donors (Lipinski definition) is 1. The predicted molar refractivity (Wildman–Crippen MR) is 128 cm³/mol. The number of hydrogen-bond acceptors (Lipinski definition) is 5. The van der Waals surface area contributed by atoms with E-state index in [0.29, 0.717) is 12.8 Å². The molecule has 0 unspecified atom stereocenters. The minimum Gasteiger partial charge on any atom is -0.344 e. The van der Waals surface area contributed by atoms with Gasteiger partial charge in [0, 0.05) is 23.9 Å². The number of nitrogens with zero attached hydrogens (tertiary/aromatic N) is 2. The number of nitriles is 1. The summed E-state index contributed by atoms with van der Waals surface area (Å²) in [5, 5.41) is 14.5. The Hall–Kier alpha value is -2.99. The predicted octanol–water partition coefficient (Wildman–Crippen LogP) is 4.23. The maximum absolute atomic E-state index is 13.2. The average Bonchev–Trinajstić information content (AvgIpc) is 3.38. The molecule has 1 aliphatic heterocycles. The van der Waals surface area contributed by atoms with Crippen molar-refractivity contribution >= 4 is 27.3 Å². The van der Waals surface area contributed by atoms with Crippen molar-refractivity contribution in [1.29, 1.82) is 5.26 Å². The molecule has 1 saturated heterocycles. The van der Waals surface area contributed by atoms with Gasteiger partial charge in [0.2, 0.25) is 15.9 Å². The fourth-order valence-corrected chi connectivity index (χ4v) is 6.49. The zero-order valence-electron chi connectivity index (χ0n) is 18.3. The van der Waals surface area contributed by atoms with Crippen LogP contribution >= 0.6 is 11.3 Å². The lowest BCUT2D eigenvalue weighted by molar-refractivity contribution is -0.126. The van der Waals surface area contributed by atoms with Gasteiger partial charge >= 0.3 is 0 Å². The minimum absolute atomic E-state index is 0.0209. The second-order valence-electron chi connectivity index (χ2n) is 8.15. The molecule has 0 saturated carbocycles. The van der Waals surface area contributed by atoms with Gasteiger partial charge in [0.25, 0.3) is 0 Å². The third kappa shape index (κ3) is 5.01. The Morgan fingerprint density at radius 2 is 1.79 bits per heavy atom. The summed E-state index contributed by atoms with van der Waals surface area (Å²) in [6.07, 6.45) is 0.871. The Morgan fingerprint density at radius 1 is 1.09 bits per heavy atom. The first-order valence-corrected chi connectivity index (χ1v) is 13.1. The van der Waals surface area contributed by atoms with Gasteiger partial charge in [0.1, 0.15) is 6.07 Å². The van der Waals surface area contributed by atoms with Crippen LogP contribution in [0.5, 0.6) is 0 Å². The highest BCUT2D eigenvalue weighted by molar-refractivity contribution is 7.89. The van der Waals surface area contributed by atoms with Gasteiger partial charge in [0.05, 0.1) is 16.5 Å². The van der Waals surface area contributed by atoms with Crippen LogP contribution in [0.25, 0.3) is 0 Å². The molecule has 0 radical (unpaired) electrons. The molecule has 1 atom stereocenters. The lowest BCUT2D eigenvalue weighted by atomic mass is 9.95. The molecule has 0 aliphatic carbocycles. The molecule has 8 heteroatoms. The summed E-state index contributed by atoms with van der Waals surface area (Å²) >= 11 is 1.59. The Morgan fingerprint density at radius 3 is 2.42 bits per heavy atom. The highest BCUT2D eigenvalue weighted by Gasteiger charge is 2.34. The summed E-state index contributed by atoms with van der Waals surface area (Å²) in [6, 6.07) is 20.0. The van der Waals surface area contributed by atoms with Gasteiger partial charge in [-0.15, -0.1) is 11.3 Å². The van der Waals surface area contributed by atoms with Gasteiger partial charge in [0.15, 0.2) is 0 Å². The number of amides is 1. The second-order valence-corrected chi connectivity index (χ2v) is 11.0. The van der Waals surface area contributed by atoms with Crippen molar-refractivity contribution < 1.29 is 13.2 Å². The summed E-state index contributed by atoms with van der Waals surface area (Å²) in [6.45, 7) is 2.52. The first-order valence-electron chi connectivity index (χ1n) is 10.8. The third-order valence-corrected chi connectivity index (χ3v) is 8.87. The minimum atomic E-state index is -3.78. The number of thiophene rings is 1. The van der Waals surface area contributed by atoms with Crippen LogP contribution in [0.1, 0.15) is 40.5 Å². The smallest absolute Gasteiger partial charge is 0.244 e. The van der Waals surface area contributed by atoms with Gasteiger partial charge in [-0.3, -0.25) is 4.79 Å². The summed E-state index contributed by atoms with van der Waals surface area (Å²) in [5.74, 6) is -0.334. The van der Waals surface area contributed by atoms with E-state index < -0.39 is 10.0 Å². The number of benzene rings is 2. The molecule has 1 aliphatic rings. The van der Waals surface area contributed by atoms with Crippen molar-refractivity contribution in [3.05, 3.63) is 87.6 Å². The molecule has 2 aromatic carbocycles. The molecule has 1 fully saturated rings. The Kier molecular flexibility index (Phi) is 6.94. The molecule has 3 aromatic rings. The molecular weight excluding hydrogens is 454 g/mol. The number of aryl methyl sites for hydroxylation is 1. The topological polar surface area (TPSA) is 90.3 Å². The largest absolute Gasteiger partial charge is 0.344 e. The van der Waals surface area contributed by atoms with Crippen molar-refractivity contribution in [2.45, 2.75) is 30.7 Å². The standard InChI is InChI=1S/C25H25N3O3S2/c1-18-8-10-19(11-9-18)24(22-6-4-16-32-22)27-25(29)20-12-14-28(15-13-20)33(30,31)23-7-3-2-5-21(23)17-26/h2-11,16,20,24H,12-15H2,1H3,(H,27,29)/t24-/m1/s1. The Balaban J connectivity index is 1.45. The molecule has 2 heterocycles. The van der Waals surface area contributed by atoms with E-state index in [1.165, 1.54) is 16.4 Å². The number of rotatable bonds is 6. The van der Waals surface area contributed by atoms with E-state index in [1.807, 2.05) is 54.8 Å². The van der Waals surface area contributed by atoms with Crippen molar-refractivity contribution in [2.75, 3.05) is 13.1 Å². The summed E-state index contributed by atoms with van der Waals surface area (Å²) < 4.78 is 27.5. The van der Waals surface area contributed by atoms with Crippen LogP contribution in [0.3, 0.4) is 0 Å². The lowest BCUT2D eigenvalue weighted by Crippen LogP contribution is -2.43. The van der Waals surface area contributed by atoms with Crippen LogP contribution < -0.4 is 5.32 Å². The van der Waals surface area contributed by atoms with E-state index in [4.69, 9.17) is 0 Å². The molecule has 0 spiro atoms.